The molecule has 0 aliphatic heterocycles. The first-order valence-corrected chi connectivity index (χ1v) is 8.28. The highest BCUT2D eigenvalue weighted by Crippen LogP contribution is 2.45. The first-order chi connectivity index (χ1) is 12.7. The van der Waals surface area contributed by atoms with Gasteiger partial charge in [-0.3, -0.25) is 10.1 Å². The molecule has 1 unspecified atom stereocenters. The van der Waals surface area contributed by atoms with E-state index in [-0.39, 0.29) is 28.7 Å². The molecule has 0 aliphatic carbocycles. The van der Waals surface area contributed by atoms with Crippen LogP contribution in [0.3, 0.4) is 0 Å². The Morgan fingerprint density at radius 1 is 1.15 bits per heavy atom. The average molecular weight is 378 g/mol. The van der Waals surface area contributed by atoms with Gasteiger partial charge in [-0.15, -0.1) is 0 Å². The number of non-ortho nitro benzene ring substituents is 1. The summed E-state index contributed by atoms with van der Waals surface area (Å²) in [7, 11) is 0. The molecule has 8 heteroatoms. The summed E-state index contributed by atoms with van der Waals surface area (Å²) in [5.74, 6) is 0. The van der Waals surface area contributed by atoms with Gasteiger partial charge in [-0.05, 0) is 18.1 Å². The van der Waals surface area contributed by atoms with Crippen molar-refractivity contribution in [2.45, 2.75) is 31.7 Å². The van der Waals surface area contributed by atoms with Crippen molar-refractivity contribution in [2.75, 3.05) is 0 Å². The second-order valence-electron chi connectivity index (χ2n) is 6.33. The summed E-state index contributed by atoms with van der Waals surface area (Å²) in [6, 6.07) is 12.6. The number of halogens is 3. The molecule has 1 heterocycles. The fourth-order valence-electron chi connectivity index (χ4n) is 3.18. The second-order valence-corrected chi connectivity index (χ2v) is 6.33. The minimum atomic E-state index is -4.88. The fourth-order valence-corrected chi connectivity index (χ4v) is 3.18. The molecule has 0 saturated carbocycles. The van der Waals surface area contributed by atoms with Crippen molar-refractivity contribution in [1.82, 2.24) is 4.57 Å². The van der Waals surface area contributed by atoms with E-state index >= 15 is 0 Å². The van der Waals surface area contributed by atoms with Gasteiger partial charge in [0, 0.05) is 35.8 Å². The summed E-state index contributed by atoms with van der Waals surface area (Å²) in [5, 5.41) is 21.6. The number of benzene rings is 2. The second kappa shape index (κ2) is 6.70. The van der Waals surface area contributed by atoms with Gasteiger partial charge in [0.1, 0.15) is 0 Å². The highest BCUT2D eigenvalue weighted by atomic mass is 19.4. The van der Waals surface area contributed by atoms with E-state index in [1.165, 1.54) is 29.8 Å². The van der Waals surface area contributed by atoms with Crippen LogP contribution in [0.25, 0.3) is 10.9 Å². The molecule has 0 radical (unpaired) electrons. The molecule has 1 aromatic heterocycles. The van der Waals surface area contributed by atoms with Gasteiger partial charge >= 0.3 is 6.18 Å². The van der Waals surface area contributed by atoms with Crippen LogP contribution in [-0.2, 0) is 12.1 Å². The number of rotatable bonds is 5. The summed E-state index contributed by atoms with van der Waals surface area (Å²) in [6.45, 7) is 1.47. The fraction of sp³-hybridized carbons (Fsp3) is 0.263. The number of nitro groups is 1. The number of hydrogen-bond donors (Lipinski definition) is 1. The number of hydrogen-bond acceptors (Lipinski definition) is 3. The van der Waals surface area contributed by atoms with E-state index in [0.717, 1.165) is 11.6 Å². The minimum absolute atomic E-state index is 0.137. The third-order valence-electron chi connectivity index (χ3n) is 4.70. The molecule has 1 N–H and O–H groups in total. The maximum atomic E-state index is 13.6. The lowest BCUT2D eigenvalue weighted by Gasteiger charge is -2.29. The first kappa shape index (κ1) is 18.9. The van der Waals surface area contributed by atoms with Gasteiger partial charge in [0.05, 0.1) is 10.4 Å². The van der Waals surface area contributed by atoms with Crippen LogP contribution >= 0.6 is 0 Å². The molecule has 0 bridgehead atoms. The number of aliphatic hydroxyl groups is 1. The predicted molar refractivity (Wildman–Crippen MR) is 94.4 cm³/mol. The molecule has 0 fully saturated rings. The van der Waals surface area contributed by atoms with E-state index in [4.69, 9.17) is 0 Å². The van der Waals surface area contributed by atoms with Crippen molar-refractivity contribution in [3.8, 4) is 0 Å². The van der Waals surface area contributed by atoms with E-state index in [0.29, 0.717) is 0 Å². The third kappa shape index (κ3) is 3.28. The molecular formula is C19H17F3N2O3. The summed E-state index contributed by atoms with van der Waals surface area (Å²) < 4.78 is 42.3. The Bertz CT molecular complexity index is 983. The van der Waals surface area contributed by atoms with E-state index in [9.17, 15) is 28.4 Å². The monoisotopic (exact) mass is 378 g/mol. The van der Waals surface area contributed by atoms with Crippen LogP contribution in [-0.4, -0.2) is 20.8 Å². The molecule has 2 aromatic carbocycles. The van der Waals surface area contributed by atoms with Crippen LogP contribution in [0.4, 0.5) is 18.9 Å². The Hall–Kier alpha value is -2.87. The molecule has 5 nitrogen and oxygen atoms in total. The standard InChI is InChI=1S/C19H17F3N2O3/c1-2-18(25,19(20,21)22)16-12-23(11-13-6-4-3-5-7-13)17-10-14(24(26)27)8-9-15(16)17/h3-10,12,25H,2,11H2,1H3. The zero-order valence-corrected chi connectivity index (χ0v) is 14.4. The molecule has 27 heavy (non-hydrogen) atoms. The minimum Gasteiger partial charge on any atom is -0.376 e. The summed E-state index contributed by atoms with van der Waals surface area (Å²) in [4.78, 5) is 10.5. The van der Waals surface area contributed by atoms with E-state index in [2.05, 4.69) is 0 Å². The van der Waals surface area contributed by atoms with Crippen molar-refractivity contribution in [3.05, 3.63) is 76.0 Å². The van der Waals surface area contributed by atoms with Crippen LogP contribution in [0, 0.1) is 10.1 Å². The molecule has 3 aromatic rings. The summed E-state index contributed by atoms with van der Waals surface area (Å²) >= 11 is 0. The van der Waals surface area contributed by atoms with Gasteiger partial charge in [0.15, 0.2) is 5.60 Å². The van der Waals surface area contributed by atoms with Gasteiger partial charge < -0.3 is 9.67 Å². The highest BCUT2D eigenvalue weighted by molar-refractivity contribution is 5.87. The van der Waals surface area contributed by atoms with Gasteiger partial charge in [-0.25, -0.2) is 0 Å². The van der Waals surface area contributed by atoms with Crippen LogP contribution in [0.5, 0.6) is 0 Å². The molecule has 0 aliphatic rings. The number of nitro benzene ring substituents is 1. The predicted octanol–water partition coefficient (Wildman–Crippen LogP) is 4.76. The highest BCUT2D eigenvalue weighted by Gasteiger charge is 2.54. The van der Waals surface area contributed by atoms with Crippen LogP contribution in [0.2, 0.25) is 0 Å². The topological polar surface area (TPSA) is 68.3 Å². The lowest BCUT2D eigenvalue weighted by atomic mass is 9.90. The first-order valence-electron chi connectivity index (χ1n) is 8.28. The molecule has 3 rings (SSSR count). The quantitative estimate of drug-likeness (QED) is 0.514. The number of fused-ring (bicyclic) bond motifs is 1. The smallest absolute Gasteiger partial charge is 0.376 e. The van der Waals surface area contributed by atoms with Crippen LogP contribution in [0.15, 0.2) is 54.7 Å². The third-order valence-corrected chi connectivity index (χ3v) is 4.70. The normalized spacial score (nSPS) is 14.3. The van der Waals surface area contributed by atoms with Crippen molar-refractivity contribution in [1.29, 1.82) is 0 Å². The van der Waals surface area contributed by atoms with Gasteiger partial charge in [0.25, 0.3) is 5.69 Å². The SMILES string of the molecule is CCC(O)(c1cn(Cc2ccccc2)c2cc([N+](=O)[O-])ccc12)C(F)(F)F. The van der Waals surface area contributed by atoms with E-state index in [1.54, 1.807) is 24.3 Å². The van der Waals surface area contributed by atoms with Gasteiger partial charge in [0.2, 0.25) is 0 Å². The molecule has 0 saturated heterocycles. The van der Waals surface area contributed by atoms with Crippen LogP contribution in [0.1, 0.15) is 24.5 Å². The lowest BCUT2D eigenvalue weighted by molar-refractivity contribution is -0.384. The lowest BCUT2D eigenvalue weighted by Crippen LogP contribution is -2.41. The molecular weight excluding hydrogens is 361 g/mol. The summed E-state index contributed by atoms with van der Waals surface area (Å²) in [6.07, 6.45) is -4.22. The molecule has 0 amide bonds. The number of nitrogens with zero attached hydrogens (tertiary/aromatic N) is 2. The zero-order valence-electron chi connectivity index (χ0n) is 14.4. The Morgan fingerprint density at radius 3 is 2.37 bits per heavy atom. The van der Waals surface area contributed by atoms with Crippen molar-refractivity contribution < 1.29 is 23.2 Å². The number of alkyl halides is 3. The maximum Gasteiger partial charge on any atom is 0.421 e. The van der Waals surface area contributed by atoms with Gasteiger partial charge in [-0.1, -0.05) is 37.3 Å². The Morgan fingerprint density at radius 2 is 1.81 bits per heavy atom. The average Bonchev–Trinajstić information content (AvgIpc) is 2.99. The van der Waals surface area contributed by atoms with Crippen molar-refractivity contribution in [3.63, 3.8) is 0 Å². The van der Waals surface area contributed by atoms with Crippen molar-refractivity contribution in [2.24, 2.45) is 0 Å². The Balaban J connectivity index is 2.25. The van der Waals surface area contributed by atoms with E-state index < -0.39 is 23.1 Å². The molecule has 1 atom stereocenters. The van der Waals surface area contributed by atoms with E-state index in [1.807, 2.05) is 6.07 Å². The largest absolute Gasteiger partial charge is 0.421 e. The Kier molecular flexibility index (Phi) is 4.69. The molecule has 142 valence electrons. The molecule has 0 spiro atoms. The zero-order chi connectivity index (χ0) is 19.8. The Labute approximate surface area is 152 Å². The number of aromatic nitrogens is 1. The van der Waals surface area contributed by atoms with Crippen LogP contribution < -0.4 is 0 Å². The van der Waals surface area contributed by atoms with Crippen molar-refractivity contribution >= 4 is 16.6 Å². The summed E-state index contributed by atoms with van der Waals surface area (Å²) in [5.41, 5.74) is -2.49. The van der Waals surface area contributed by atoms with Gasteiger partial charge in [-0.2, -0.15) is 13.2 Å². The maximum absolute atomic E-state index is 13.6.